The van der Waals surface area contributed by atoms with Crippen molar-refractivity contribution in [1.29, 1.82) is 0 Å². The molecule has 1 saturated carbocycles. The van der Waals surface area contributed by atoms with E-state index in [2.05, 4.69) is 6.92 Å². The fraction of sp³-hybridized carbons (Fsp3) is 1.00. The zero-order valence-corrected chi connectivity index (χ0v) is 9.10. The van der Waals surface area contributed by atoms with Gasteiger partial charge in [-0.2, -0.15) is 0 Å². The van der Waals surface area contributed by atoms with Crippen molar-refractivity contribution in [2.45, 2.75) is 70.8 Å². The second-order valence-electron chi connectivity index (χ2n) is 4.80. The van der Waals surface area contributed by atoms with Crippen molar-refractivity contribution in [2.75, 3.05) is 0 Å². The molecular weight excluding hydrogens is 158 g/mol. The second-order valence-corrected chi connectivity index (χ2v) is 4.80. The van der Waals surface area contributed by atoms with Crippen molar-refractivity contribution < 1.29 is 0 Å². The largest absolute Gasteiger partial charge is 0.328 e. The first-order chi connectivity index (χ1) is 6.29. The predicted molar refractivity (Wildman–Crippen MR) is 58.7 cm³/mol. The average molecular weight is 183 g/mol. The van der Waals surface area contributed by atoms with Crippen molar-refractivity contribution in [1.82, 2.24) is 0 Å². The fourth-order valence-electron chi connectivity index (χ4n) is 2.36. The molecule has 0 radical (unpaired) electrons. The molecule has 2 N–H and O–H groups in total. The molecule has 0 aromatic rings. The van der Waals surface area contributed by atoms with Gasteiger partial charge in [0, 0.05) is 6.04 Å². The minimum absolute atomic E-state index is 0.480. The molecule has 78 valence electrons. The molecule has 0 amide bonds. The Morgan fingerprint density at radius 1 is 0.846 bits per heavy atom. The smallest absolute Gasteiger partial charge is 0.00413 e. The van der Waals surface area contributed by atoms with Gasteiger partial charge in [-0.3, -0.25) is 0 Å². The Hall–Kier alpha value is -0.0400. The molecule has 0 spiro atoms. The van der Waals surface area contributed by atoms with Crippen molar-refractivity contribution >= 4 is 0 Å². The number of hydrogen-bond acceptors (Lipinski definition) is 1. The normalized spacial score (nSPS) is 33.7. The third-order valence-electron chi connectivity index (χ3n) is 3.23. The maximum absolute atomic E-state index is 6.07. The third-order valence-corrected chi connectivity index (χ3v) is 3.23. The monoisotopic (exact) mass is 183 g/mol. The molecule has 0 aromatic carbocycles. The van der Waals surface area contributed by atoms with E-state index in [1.165, 1.54) is 57.8 Å². The average Bonchev–Trinajstić information content (AvgIpc) is 2.11. The summed E-state index contributed by atoms with van der Waals surface area (Å²) in [4.78, 5) is 0. The van der Waals surface area contributed by atoms with Gasteiger partial charge in [-0.15, -0.1) is 0 Å². The van der Waals surface area contributed by atoms with Crippen LogP contribution in [0.25, 0.3) is 0 Å². The van der Waals surface area contributed by atoms with Gasteiger partial charge >= 0.3 is 0 Å². The summed E-state index contributed by atoms with van der Waals surface area (Å²) in [6.07, 6.45) is 12.4. The van der Waals surface area contributed by atoms with Crippen molar-refractivity contribution in [3.8, 4) is 0 Å². The van der Waals surface area contributed by atoms with Crippen LogP contribution in [0.2, 0.25) is 0 Å². The Kier molecular flexibility index (Phi) is 5.45. The van der Waals surface area contributed by atoms with Gasteiger partial charge < -0.3 is 5.73 Å². The number of hydrogen-bond donors (Lipinski definition) is 1. The lowest BCUT2D eigenvalue weighted by Crippen LogP contribution is -2.22. The summed E-state index contributed by atoms with van der Waals surface area (Å²) in [5.41, 5.74) is 6.07. The van der Waals surface area contributed by atoms with Crippen molar-refractivity contribution in [2.24, 2.45) is 11.7 Å². The predicted octanol–water partition coefficient (Wildman–Crippen LogP) is 3.47. The lowest BCUT2D eigenvalue weighted by atomic mass is 9.95. The van der Waals surface area contributed by atoms with Gasteiger partial charge in [0.25, 0.3) is 0 Å². The first kappa shape index (κ1) is 11.0. The van der Waals surface area contributed by atoms with E-state index in [0.717, 1.165) is 5.92 Å². The van der Waals surface area contributed by atoms with Crippen LogP contribution in [0.3, 0.4) is 0 Å². The molecule has 0 bridgehead atoms. The number of rotatable bonds is 0. The molecule has 0 saturated heterocycles. The van der Waals surface area contributed by atoms with E-state index in [1.807, 2.05) is 0 Å². The summed E-state index contributed by atoms with van der Waals surface area (Å²) < 4.78 is 0. The maximum Gasteiger partial charge on any atom is 0.00413 e. The van der Waals surface area contributed by atoms with E-state index < -0.39 is 0 Å². The molecule has 1 fully saturated rings. The SMILES string of the molecule is CC1CCCCCCCCC(N)C1. The summed E-state index contributed by atoms with van der Waals surface area (Å²) in [5.74, 6) is 0.855. The zero-order chi connectivity index (χ0) is 9.52. The summed E-state index contributed by atoms with van der Waals surface area (Å²) in [6.45, 7) is 2.36. The van der Waals surface area contributed by atoms with Crippen LogP contribution in [0, 0.1) is 5.92 Å². The van der Waals surface area contributed by atoms with Gasteiger partial charge in [-0.1, -0.05) is 51.9 Å². The van der Waals surface area contributed by atoms with E-state index in [9.17, 15) is 0 Å². The molecule has 0 heterocycles. The molecule has 1 aliphatic rings. The van der Waals surface area contributed by atoms with Crippen LogP contribution in [0.1, 0.15) is 64.7 Å². The number of nitrogens with two attached hydrogens (primary N) is 1. The Balaban J connectivity index is 2.25. The quantitative estimate of drug-likeness (QED) is 0.611. The molecule has 2 atom stereocenters. The highest BCUT2D eigenvalue weighted by Gasteiger charge is 2.09. The molecule has 0 aromatic heterocycles. The highest BCUT2D eigenvalue weighted by molar-refractivity contribution is 4.67. The van der Waals surface area contributed by atoms with Gasteiger partial charge in [0.1, 0.15) is 0 Å². The summed E-state index contributed by atoms with van der Waals surface area (Å²) in [7, 11) is 0. The first-order valence-electron chi connectivity index (χ1n) is 6.04. The van der Waals surface area contributed by atoms with Gasteiger partial charge in [0.15, 0.2) is 0 Å². The van der Waals surface area contributed by atoms with E-state index in [0.29, 0.717) is 6.04 Å². The van der Waals surface area contributed by atoms with Gasteiger partial charge in [0.05, 0.1) is 0 Å². The maximum atomic E-state index is 6.07. The standard InChI is InChI=1S/C12H25N/c1-11-8-6-4-2-3-5-7-9-12(13)10-11/h11-12H,2-10,13H2,1H3. The van der Waals surface area contributed by atoms with Crippen LogP contribution >= 0.6 is 0 Å². The zero-order valence-electron chi connectivity index (χ0n) is 9.10. The van der Waals surface area contributed by atoms with Crippen LogP contribution in [-0.2, 0) is 0 Å². The van der Waals surface area contributed by atoms with E-state index >= 15 is 0 Å². The minimum atomic E-state index is 0.480. The highest BCUT2D eigenvalue weighted by Crippen LogP contribution is 2.19. The van der Waals surface area contributed by atoms with Crippen LogP contribution in [0.15, 0.2) is 0 Å². The molecule has 1 rings (SSSR count). The van der Waals surface area contributed by atoms with Crippen molar-refractivity contribution in [3.05, 3.63) is 0 Å². The Labute approximate surface area is 83.1 Å². The lowest BCUT2D eigenvalue weighted by Gasteiger charge is -2.16. The first-order valence-corrected chi connectivity index (χ1v) is 6.04. The third kappa shape index (κ3) is 5.30. The molecular formula is C12H25N. The van der Waals surface area contributed by atoms with Crippen LogP contribution in [0.5, 0.6) is 0 Å². The molecule has 13 heavy (non-hydrogen) atoms. The van der Waals surface area contributed by atoms with E-state index in [-0.39, 0.29) is 0 Å². The van der Waals surface area contributed by atoms with Crippen LogP contribution in [0.4, 0.5) is 0 Å². The van der Waals surface area contributed by atoms with Crippen LogP contribution in [-0.4, -0.2) is 6.04 Å². The minimum Gasteiger partial charge on any atom is -0.328 e. The van der Waals surface area contributed by atoms with Crippen molar-refractivity contribution in [3.63, 3.8) is 0 Å². The topological polar surface area (TPSA) is 26.0 Å². The van der Waals surface area contributed by atoms with Crippen LogP contribution < -0.4 is 5.73 Å². The molecule has 1 heteroatoms. The lowest BCUT2D eigenvalue weighted by molar-refractivity contribution is 0.410. The van der Waals surface area contributed by atoms with Gasteiger partial charge in [0.2, 0.25) is 0 Å². The Bertz CT molecular complexity index is 108. The molecule has 1 aliphatic carbocycles. The second kappa shape index (κ2) is 6.42. The van der Waals surface area contributed by atoms with Gasteiger partial charge in [-0.05, 0) is 18.8 Å². The molecule has 2 unspecified atom stereocenters. The van der Waals surface area contributed by atoms with E-state index in [4.69, 9.17) is 5.73 Å². The highest BCUT2D eigenvalue weighted by atomic mass is 14.6. The fourth-order valence-corrected chi connectivity index (χ4v) is 2.36. The van der Waals surface area contributed by atoms with Gasteiger partial charge in [-0.25, -0.2) is 0 Å². The summed E-state index contributed by atoms with van der Waals surface area (Å²) >= 11 is 0. The molecule has 0 aliphatic heterocycles. The van der Waals surface area contributed by atoms with E-state index in [1.54, 1.807) is 0 Å². The Morgan fingerprint density at radius 2 is 1.38 bits per heavy atom. The Morgan fingerprint density at radius 3 is 2.08 bits per heavy atom. The summed E-state index contributed by atoms with van der Waals surface area (Å²) in [6, 6.07) is 0.480. The molecule has 1 nitrogen and oxygen atoms in total. The summed E-state index contributed by atoms with van der Waals surface area (Å²) in [5, 5.41) is 0.